The van der Waals surface area contributed by atoms with Crippen LogP contribution < -0.4 is 15.4 Å². The van der Waals surface area contributed by atoms with Crippen molar-refractivity contribution < 1.29 is 4.74 Å². The quantitative estimate of drug-likeness (QED) is 0.684. The van der Waals surface area contributed by atoms with E-state index in [2.05, 4.69) is 16.7 Å². The van der Waals surface area contributed by atoms with Gasteiger partial charge in [0.25, 0.3) is 0 Å². The number of nitrogens with one attached hydrogen (secondary N) is 2. The predicted molar refractivity (Wildman–Crippen MR) is 65.7 cm³/mol. The highest BCUT2D eigenvalue weighted by molar-refractivity contribution is 5.32. The maximum atomic E-state index is 5.29. The van der Waals surface area contributed by atoms with Crippen LogP contribution >= 0.6 is 0 Å². The molecule has 0 spiro atoms. The summed E-state index contributed by atoms with van der Waals surface area (Å²) >= 11 is 0. The van der Waals surface area contributed by atoms with Gasteiger partial charge in [0.05, 0.1) is 7.11 Å². The van der Waals surface area contributed by atoms with Crippen LogP contribution in [0.5, 0.6) is 5.75 Å². The minimum atomic E-state index is 0.799. The van der Waals surface area contributed by atoms with E-state index in [1.807, 2.05) is 18.2 Å². The van der Waals surface area contributed by atoms with E-state index in [9.17, 15) is 0 Å². The fourth-order valence-electron chi connectivity index (χ4n) is 1.72. The molecule has 0 heterocycles. The molecule has 0 atom stereocenters. The molecule has 1 fully saturated rings. The van der Waals surface area contributed by atoms with E-state index in [4.69, 9.17) is 4.74 Å². The summed E-state index contributed by atoms with van der Waals surface area (Å²) in [4.78, 5) is 0. The Balaban J connectivity index is 1.67. The first-order valence-electron chi connectivity index (χ1n) is 5.96. The smallest absolute Gasteiger partial charge is 0.123 e. The van der Waals surface area contributed by atoms with E-state index in [-0.39, 0.29) is 0 Å². The molecule has 0 unspecified atom stereocenters. The normalized spacial score (nSPS) is 15.1. The average Bonchev–Trinajstić information content (AvgIpc) is 3.13. The van der Waals surface area contributed by atoms with E-state index < -0.39 is 0 Å². The van der Waals surface area contributed by atoms with Gasteiger partial charge in [-0.15, -0.1) is 0 Å². The molecule has 0 radical (unpaired) electrons. The molecule has 88 valence electrons. The van der Waals surface area contributed by atoms with Gasteiger partial charge in [0.1, 0.15) is 5.75 Å². The lowest BCUT2D eigenvalue weighted by molar-refractivity contribution is 0.407. The van der Waals surface area contributed by atoms with Gasteiger partial charge in [0, 0.05) is 31.2 Å². The summed E-state index contributed by atoms with van der Waals surface area (Å²) in [5.74, 6) is 0.963. The monoisotopic (exact) mass is 220 g/mol. The van der Waals surface area contributed by atoms with E-state index in [0.717, 1.165) is 31.4 Å². The first-order valence-corrected chi connectivity index (χ1v) is 5.96. The van der Waals surface area contributed by atoms with Crippen molar-refractivity contribution >= 4 is 0 Å². The van der Waals surface area contributed by atoms with Gasteiger partial charge in [-0.25, -0.2) is 0 Å². The highest BCUT2D eigenvalue weighted by atomic mass is 16.5. The Kier molecular flexibility index (Phi) is 4.19. The van der Waals surface area contributed by atoms with Crippen LogP contribution in [0.2, 0.25) is 0 Å². The van der Waals surface area contributed by atoms with Crippen molar-refractivity contribution in [1.29, 1.82) is 0 Å². The van der Waals surface area contributed by atoms with Crippen LogP contribution in [0, 0.1) is 0 Å². The van der Waals surface area contributed by atoms with Crippen LogP contribution in [0.15, 0.2) is 24.3 Å². The molecule has 0 aromatic heterocycles. The molecule has 2 N–H and O–H groups in total. The number of ether oxygens (including phenoxy) is 1. The molecule has 0 saturated heterocycles. The second-order valence-electron chi connectivity index (χ2n) is 4.22. The summed E-state index contributed by atoms with van der Waals surface area (Å²) in [6.45, 7) is 2.94. The Labute approximate surface area is 97.2 Å². The largest absolute Gasteiger partial charge is 0.496 e. The standard InChI is InChI=1S/C13H20N2O/c1-16-13-5-3-2-4-11(13)10-14-8-9-15-12-6-7-12/h2-5,12,14-15H,6-10H2,1H3. The molecule has 3 nitrogen and oxygen atoms in total. The topological polar surface area (TPSA) is 33.3 Å². The number of hydrogen-bond donors (Lipinski definition) is 2. The van der Waals surface area contributed by atoms with Crippen LogP contribution in [0.25, 0.3) is 0 Å². The average molecular weight is 220 g/mol. The van der Waals surface area contributed by atoms with E-state index >= 15 is 0 Å². The van der Waals surface area contributed by atoms with Gasteiger partial charge in [0.15, 0.2) is 0 Å². The first kappa shape index (κ1) is 11.4. The molecule has 0 bridgehead atoms. The summed E-state index contributed by atoms with van der Waals surface area (Å²) in [6, 6.07) is 8.94. The van der Waals surface area contributed by atoms with E-state index in [1.54, 1.807) is 7.11 Å². The van der Waals surface area contributed by atoms with Crippen LogP contribution in [0.3, 0.4) is 0 Å². The van der Waals surface area contributed by atoms with Gasteiger partial charge in [-0.1, -0.05) is 18.2 Å². The number of para-hydroxylation sites is 1. The Morgan fingerprint density at radius 2 is 2.06 bits per heavy atom. The SMILES string of the molecule is COc1ccccc1CNCCNC1CC1. The molecule has 1 aromatic carbocycles. The third kappa shape index (κ3) is 3.51. The van der Waals surface area contributed by atoms with Crippen molar-refractivity contribution in [2.24, 2.45) is 0 Å². The number of benzene rings is 1. The van der Waals surface area contributed by atoms with Gasteiger partial charge in [-0.2, -0.15) is 0 Å². The van der Waals surface area contributed by atoms with Crippen molar-refractivity contribution in [2.45, 2.75) is 25.4 Å². The molecule has 0 amide bonds. The van der Waals surface area contributed by atoms with Crippen LogP contribution in [-0.4, -0.2) is 26.2 Å². The van der Waals surface area contributed by atoms with Gasteiger partial charge in [-0.3, -0.25) is 0 Å². The van der Waals surface area contributed by atoms with Gasteiger partial charge in [0.2, 0.25) is 0 Å². The predicted octanol–water partition coefficient (Wildman–Crippen LogP) is 1.54. The van der Waals surface area contributed by atoms with Gasteiger partial charge >= 0.3 is 0 Å². The zero-order valence-electron chi connectivity index (χ0n) is 9.83. The molecule has 1 aliphatic carbocycles. The summed E-state index contributed by atoms with van der Waals surface area (Å²) < 4.78 is 5.29. The number of hydrogen-bond acceptors (Lipinski definition) is 3. The maximum Gasteiger partial charge on any atom is 0.123 e. The molecule has 1 saturated carbocycles. The Morgan fingerprint density at radius 3 is 2.81 bits per heavy atom. The molecule has 1 aliphatic rings. The minimum Gasteiger partial charge on any atom is -0.496 e. The van der Waals surface area contributed by atoms with Gasteiger partial charge < -0.3 is 15.4 Å². The first-order chi connectivity index (χ1) is 7.90. The van der Waals surface area contributed by atoms with Crippen LogP contribution in [0.4, 0.5) is 0 Å². The minimum absolute atomic E-state index is 0.799. The summed E-state index contributed by atoms with van der Waals surface area (Å²) in [6.07, 6.45) is 2.71. The van der Waals surface area contributed by atoms with E-state index in [1.165, 1.54) is 18.4 Å². The van der Waals surface area contributed by atoms with Crippen molar-refractivity contribution in [3.63, 3.8) is 0 Å². The molecular formula is C13H20N2O. The molecule has 16 heavy (non-hydrogen) atoms. The van der Waals surface area contributed by atoms with Crippen molar-refractivity contribution in [3.8, 4) is 5.75 Å². The zero-order valence-corrected chi connectivity index (χ0v) is 9.83. The summed E-state index contributed by atoms with van der Waals surface area (Å²) in [5.41, 5.74) is 1.22. The third-order valence-corrected chi connectivity index (χ3v) is 2.82. The zero-order chi connectivity index (χ0) is 11.2. The van der Waals surface area contributed by atoms with Crippen molar-refractivity contribution in [2.75, 3.05) is 20.2 Å². The Morgan fingerprint density at radius 1 is 1.25 bits per heavy atom. The Hall–Kier alpha value is -1.06. The van der Waals surface area contributed by atoms with Crippen LogP contribution in [0.1, 0.15) is 18.4 Å². The summed E-state index contributed by atoms with van der Waals surface area (Å²) in [7, 11) is 1.72. The number of methoxy groups -OCH3 is 1. The molecular weight excluding hydrogens is 200 g/mol. The summed E-state index contributed by atoms with van der Waals surface area (Å²) in [5, 5.41) is 6.89. The lowest BCUT2D eigenvalue weighted by atomic mass is 10.2. The lowest BCUT2D eigenvalue weighted by Crippen LogP contribution is -2.28. The van der Waals surface area contributed by atoms with Crippen LogP contribution in [-0.2, 0) is 6.54 Å². The lowest BCUT2D eigenvalue weighted by Gasteiger charge is -2.09. The molecule has 1 aromatic rings. The molecule has 2 rings (SSSR count). The highest BCUT2D eigenvalue weighted by Gasteiger charge is 2.19. The fourth-order valence-corrected chi connectivity index (χ4v) is 1.72. The van der Waals surface area contributed by atoms with E-state index in [0.29, 0.717) is 0 Å². The maximum absolute atomic E-state index is 5.29. The molecule has 3 heteroatoms. The fraction of sp³-hybridized carbons (Fsp3) is 0.538. The second-order valence-corrected chi connectivity index (χ2v) is 4.22. The number of rotatable bonds is 7. The Bertz CT molecular complexity index is 323. The molecule has 0 aliphatic heterocycles. The highest BCUT2D eigenvalue weighted by Crippen LogP contribution is 2.18. The van der Waals surface area contributed by atoms with Crippen molar-refractivity contribution in [1.82, 2.24) is 10.6 Å². The van der Waals surface area contributed by atoms with Gasteiger partial charge in [-0.05, 0) is 18.9 Å². The second kappa shape index (κ2) is 5.87. The van der Waals surface area contributed by atoms with Crippen molar-refractivity contribution in [3.05, 3.63) is 29.8 Å². The third-order valence-electron chi connectivity index (χ3n) is 2.82.